The lowest BCUT2D eigenvalue weighted by molar-refractivity contribution is -0.135. The van der Waals surface area contributed by atoms with Gasteiger partial charge in [0.25, 0.3) is 0 Å². The average molecular weight is 394 g/mol. The van der Waals surface area contributed by atoms with E-state index in [1.54, 1.807) is 0 Å². The molecule has 0 spiro atoms. The average Bonchev–Trinajstić information content (AvgIpc) is 2.68. The summed E-state index contributed by atoms with van der Waals surface area (Å²) >= 11 is 0. The van der Waals surface area contributed by atoms with Crippen LogP contribution in [0.3, 0.4) is 0 Å². The molecular formula is C20H35N5O3. The van der Waals surface area contributed by atoms with Crippen molar-refractivity contribution in [2.75, 3.05) is 13.1 Å². The standard InChI is InChI=1S/C20H35N5O3/c1-13(2)17(26)24-11-9-16(10-12-24)25-19(27)22-18(23-20(25)28)21-14(3)15-7-5-4-6-8-15/h13-16,18,21H,4-12H2,1-3H3,(H,22,27)(H,23,28)/t14-/m0/s1. The number of imide groups is 1. The van der Waals surface area contributed by atoms with E-state index < -0.39 is 6.29 Å². The van der Waals surface area contributed by atoms with E-state index in [-0.39, 0.29) is 36.0 Å². The summed E-state index contributed by atoms with van der Waals surface area (Å²) in [4.78, 5) is 40.5. The highest BCUT2D eigenvalue weighted by Gasteiger charge is 2.39. The van der Waals surface area contributed by atoms with Crippen LogP contribution in [0.25, 0.3) is 0 Å². The van der Waals surface area contributed by atoms with Crippen molar-refractivity contribution in [1.29, 1.82) is 0 Å². The normalized spacial score (nSPS) is 24.3. The van der Waals surface area contributed by atoms with Crippen LogP contribution >= 0.6 is 0 Å². The van der Waals surface area contributed by atoms with Crippen molar-refractivity contribution >= 4 is 18.0 Å². The van der Waals surface area contributed by atoms with Crippen molar-refractivity contribution in [3.63, 3.8) is 0 Å². The Bertz CT molecular complexity index is 564. The van der Waals surface area contributed by atoms with Gasteiger partial charge in [-0.3, -0.25) is 10.1 Å². The van der Waals surface area contributed by atoms with Gasteiger partial charge in [-0.15, -0.1) is 0 Å². The van der Waals surface area contributed by atoms with Crippen LogP contribution in [0.2, 0.25) is 0 Å². The van der Waals surface area contributed by atoms with Gasteiger partial charge >= 0.3 is 12.1 Å². The van der Waals surface area contributed by atoms with Gasteiger partial charge in [0.2, 0.25) is 5.91 Å². The first-order valence-corrected chi connectivity index (χ1v) is 10.8. The number of hydrogen-bond acceptors (Lipinski definition) is 4. The predicted molar refractivity (Wildman–Crippen MR) is 106 cm³/mol. The lowest BCUT2D eigenvalue weighted by Crippen LogP contribution is -2.71. The second-order valence-electron chi connectivity index (χ2n) is 8.77. The van der Waals surface area contributed by atoms with E-state index in [9.17, 15) is 14.4 Å². The zero-order valence-electron chi connectivity index (χ0n) is 17.4. The third kappa shape index (κ3) is 4.77. The number of likely N-dealkylation sites (tertiary alicyclic amines) is 1. The Labute approximate surface area is 167 Å². The van der Waals surface area contributed by atoms with E-state index in [0.29, 0.717) is 31.8 Å². The van der Waals surface area contributed by atoms with Crippen LogP contribution in [0, 0.1) is 11.8 Å². The van der Waals surface area contributed by atoms with Gasteiger partial charge in [0.15, 0.2) is 6.29 Å². The number of urea groups is 2. The molecule has 1 aliphatic carbocycles. The van der Waals surface area contributed by atoms with Gasteiger partial charge in [-0.05, 0) is 38.5 Å². The molecule has 0 aromatic carbocycles. The molecule has 1 saturated carbocycles. The molecule has 0 bridgehead atoms. The first-order valence-electron chi connectivity index (χ1n) is 10.8. The van der Waals surface area contributed by atoms with E-state index in [4.69, 9.17) is 0 Å². The van der Waals surface area contributed by atoms with Crippen LogP contribution in [0.1, 0.15) is 65.7 Å². The predicted octanol–water partition coefficient (Wildman–Crippen LogP) is 2.21. The van der Waals surface area contributed by atoms with Crippen LogP contribution in [-0.4, -0.2) is 59.2 Å². The summed E-state index contributed by atoms with van der Waals surface area (Å²) < 4.78 is 0. The highest BCUT2D eigenvalue weighted by Crippen LogP contribution is 2.26. The van der Waals surface area contributed by atoms with Crippen LogP contribution in [-0.2, 0) is 4.79 Å². The number of carbonyl (C=O) groups excluding carboxylic acids is 3. The summed E-state index contributed by atoms with van der Waals surface area (Å²) in [5.41, 5.74) is 0. The maximum Gasteiger partial charge on any atom is 0.328 e. The molecule has 158 valence electrons. The van der Waals surface area contributed by atoms with Crippen molar-refractivity contribution in [3.05, 3.63) is 0 Å². The van der Waals surface area contributed by atoms with Crippen LogP contribution in [0.4, 0.5) is 9.59 Å². The summed E-state index contributed by atoms with van der Waals surface area (Å²) in [7, 11) is 0. The molecule has 3 N–H and O–H groups in total. The Hall–Kier alpha value is -1.83. The van der Waals surface area contributed by atoms with Crippen molar-refractivity contribution in [1.82, 2.24) is 25.8 Å². The third-order valence-electron chi connectivity index (χ3n) is 6.39. The van der Waals surface area contributed by atoms with Gasteiger partial charge in [-0.1, -0.05) is 33.1 Å². The molecule has 0 radical (unpaired) electrons. The third-order valence-corrected chi connectivity index (χ3v) is 6.39. The van der Waals surface area contributed by atoms with Crippen molar-refractivity contribution in [2.24, 2.45) is 11.8 Å². The Morgan fingerprint density at radius 3 is 2.07 bits per heavy atom. The molecule has 5 amide bonds. The fourth-order valence-corrected chi connectivity index (χ4v) is 4.67. The van der Waals surface area contributed by atoms with Gasteiger partial charge in [0.1, 0.15) is 0 Å². The number of carbonyl (C=O) groups is 3. The highest BCUT2D eigenvalue weighted by molar-refractivity contribution is 5.96. The molecule has 3 aliphatic rings. The maximum atomic E-state index is 12.6. The molecule has 0 aromatic heterocycles. The second kappa shape index (κ2) is 9.11. The molecule has 3 fully saturated rings. The van der Waals surface area contributed by atoms with Crippen molar-refractivity contribution < 1.29 is 14.4 Å². The Balaban J connectivity index is 1.50. The number of hydrogen-bond donors (Lipinski definition) is 3. The number of amides is 5. The Morgan fingerprint density at radius 2 is 1.54 bits per heavy atom. The van der Waals surface area contributed by atoms with Gasteiger partial charge < -0.3 is 15.5 Å². The second-order valence-corrected chi connectivity index (χ2v) is 8.77. The molecule has 0 aromatic rings. The minimum Gasteiger partial charge on any atom is -0.342 e. The van der Waals surface area contributed by atoms with E-state index in [2.05, 4.69) is 22.9 Å². The SMILES string of the molecule is CC(C)C(=O)N1CCC(N2C(=O)NC(N[C@@H](C)C3CCCCC3)NC2=O)CC1. The Kier molecular flexibility index (Phi) is 6.80. The van der Waals surface area contributed by atoms with Crippen LogP contribution < -0.4 is 16.0 Å². The first-order chi connectivity index (χ1) is 13.4. The summed E-state index contributed by atoms with van der Waals surface area (Å²) in [5, 5.41) is 9.12. The summed E-state index contributed by atoms with van der Waals surface area (Å²) in [6.07, 6.45) is 6.92. The van der Waals surface area contributed by atoms with Gasteiger partial charge in [-0.2, -0.15) is 0 Å². The van der Waals surface area contributed by atoms with Crippen molar-refractivity contribution in [3.8, 4) is 0 Å². The molecule has 0 unspecified atom stereocenters. The Morgan fingerprint density at radius 1 is 0.964 bits per heavy atom. The molecule has 2 aliphatic heterocycles. The van der Waals surface area contributed by atoms with Crippen molar-refractivity contribution in [2.45, 2.75) is 84.1 Å². The van der Waals surface area contributed by atoms with E-state index in [1.165, 1.54) is 37.0 Å². The van der Waals surface area contributed by atoms with Crippen LogP contribution in [0.15, 0.2) is 0 Å². The number of rotatable bonds is 5. The summed E-state index contributed by atoms with van der Waals surface area (Å²) in [6.45, 7) is 7.07. The maximum absolute atomic E-state index is 12.6. The van der Waals surface area contributed by atoms with E-state index in [0.717, 1.165) is 0 Å². The molecule has 8 nitrogen and oxygen atoms in total. The number of piperidine rings is 1. The fraction of sp³-hybridized carbons (Fsp3) is 0.850. The minimum atomic E-state index is -0.532. The minimum absolute atomic E-state index is 0.0314. The molecule has 28 heavy (non-hydrogen) atoms. The van der Waals surface area contributed by atoms with E-state index in [1.807, 2.05) is 18.7 Å². The lowest BCUT2D eigenvalue weighted by Gasteiger charge is -2.42. The monoisotopic (exact) mass is 393 g/mol. The van der Waals surface area contributed by atoms with E-state index >= 15 is 0 Å². The summed E-state index contributed by atoms with van der Waals surface area (Å²) in [5.74, 6) is 0.687. The molecule has 3 rings (SSSR count). The van der Waals surface area contributed by atoms with Gasteiger partial charge in [0, 0.05) is 31.1 Å². The van der Waals surface area contributed by atoms with Gasteiger partial charge in [-0.25, -0.2) is 14.5 Å². The molecule has 2 saturated heterocycles. The lowest BCUT2D eigenvalue weighted by atomic mass is 9.84. The molecule has 1 atom stereocenters. The zero-order valence-corrected chi connectivity index (χ0v) is 17.4. The fourth-order valence-electron chi connectivity index (χ4n) is 4.67. The zero-order chi connectivity index (χ0) is 20.3. The number of nitrogens with one attached hydrogen (secondary N) is 3. The van der Waals surface area contributed by atoms with Gasteiger partial charge in [0.05, 0.1) is 0 Å². The topological polar surface area (TPSA) is 93.8 Å². The molecule has 2 heterocycles. The first kappa shape index (κ1) is 20.9. The summed E-state index contributed by atoms with van der Waals surface area (Å²) in [6, 6.07) is -0.646. The molecule has 8 heteroatoms. The highest BCUT2D eigenvalue weighted by atomic mass is 16.2. The quantitative estimate of drug-likeness (QED) is 0.668. The molecular weight excluding hydrogens is 358 g/mol. The van der Waals surface area contributed by atoms with Crippen LogP contribution in [0.5, 0.6) is 0 Å². The number of nitrogens with zero attached hydrogens (tertiary/aromatic N) is 2. The smallest absolute Gasteiger partial charge is 0.328 e. The largest absolute Gasteiger partial charge is 0.342 e.